The third-order valence-electron chi connectivity index (χ3n) is 2.98. The summed E-state index contributed by atoms with van der Waals surface area (Å²) >= 11 is 0. The van der Waals surface area contributed by atoms with E-state index in [-0.39, 0.29) is 17.8 Å². The minimum atomic E-state index is -0.231. The molecule has 0 aliphatic heterocycles. The summed E-state index contributed by atoms with van der Waals surface area (Å²) in [6, 6.07) is 0.0654. The Morgan fingerprint density at radius 3 is 3.00 bits per heavy atom. The van der Waals surface area contributed by atoms with Crippen molar-refractivity contribution in [2.45, 2.75) is 38.6 Å². The number of carbonyl (C=O) groups is 1. The lowest BCUT2D eigenvalue weighted by molar-refractivity contribution is 0.0923. The predicted octanol–water partition coefficient (Wildman–Crippen LogP) is 0.224. The second-order valence-corrected chi connectivity index (χ2v) is 4.51. The third-order valence-corrected chi connectivity index (χ3v) is 2.98. The van der Waals surface area contributed by atoms with Crippen molar-refractivity contribution in [2.24, 2.45) is 11.7 Å². The van der Waals surface area contributed by atoms with Gasteiger partial charge in [-0.3, -0.25) is 9.89 Å². The molecular formula is C11H19N5O. The summed E-state index contributed by atoms with van der Waals surface area (Å²) in [5.74, 6) is 1.28. The Morgan fingerprint density at radius 2 is 2.41 bits per heavy atom. The number of aromatic amines is 1. The van der Waals surface area contributed by atoms with Crippen LogP contribution in [0.2, 0.25) is 0 Å². The zero-order valence-corrected chi connectivity index (χ0v) is 10.1. The van der Waals surface area contributed by atoms with Crippen LogP contribution in [-0.2, 0) is 6.42 Å². The molecule has 1 amide bonds. The number of nitrogens with one attached hydrogen (secondary N) is 2. The van der Waals surface area contributed by atoms with Gasteiger partial charge in [-0.2, -0.15) is 0 Å². The number of nitrogens with zero attached hydrogens (tertiary/aromatic N) is 2. The van der Waals surface area contributed by atoms with E-state index >= 15 is 0 Å². The average Bonchev–Trinajstić information content (AvgIpc) is 3.06. The molecular weight excluding hydrogens is 218 g/mol. The van der Waals surface area contributed by atoms with Gasteiger partial charge in [-0.05, 0) is 25.2 Å². The van der Waals surface area contributed by atoms with Gasteiger partial charge in [0.25, 0.3) is 5.91 Å². The van der Waals surface area contributed by atoms with Crippen LogP contribution in [0.1, 0.15) is 42.6 Å². The fourth-order valence-electron chi connectivity index (χ4n) is 1.85. The number of hydrogen-bond donors (Lipinski definition) is 3. The number of rotatable bonds is 6. The number of aromatic nitrogens is 3. The minimum Gasteiger partial charge on any atom is -0.345 e. The molecule has 1 aromatic heterocycles. The molecule has 0 saturated heterocycles. The van der Waals surface area contributed by atoms with Gasteiger partial charge in [-0.15, -0.1) is 5.10 Å². The highest BCUT2D eigenvalue weighted by Crippen LogP contribution is 2.32. The molecule has 1 heterocycles. The molecule has 1 unspecified atom stereocenters. The lowest BCUT2D eigenvalue weighted by Crippen LogP contribution is -2.42. The molecule has 1 aliphatic rings. The Labute approximate surface area is 100 Å². The Hall–Kier alpha value is -1.43. The molecule has 2 rings (SSSR count). The number of nitrogens with two attached hydrogens (primary N) is 1. The summed E-state index contributed by atoms with van der Waals surface area (Å²) in [5.41, 5.74) is 5.63. The van der Waals surface area contributed by atoms with Crippen LogP contribution < -0.4 is 11.1 Å². The minimum absolute atomic E-state index is 0.0654. The van der Waals surface area contributed by atoms with Gasteiger partial charge in [-0.25, -0.2) is 4.98 Å². The molecule has 0 bridgehead atoms. The molecule has 4 N–H and O–H groups in total. The predicted molar refractivity (Wildman–Crippen MR) is 63.4 cm³/mol. The number of H-pyrrole nitrogens is 1. The van der Waals surface area contributed by atoms with E-state index in [9.17, 15) is 4.79 Å². The van der Waals surface area contributed by atoms with Gasteiger partial charge in [0.05, 0.1) is 0 Å². The molecule has 1 aromatic rings. The van der Waals surface area contributed by atoms with Gasteiger partial charge in [0.15, 0.2) is 0 Å². The van der Waals surface area contributed by atoms with Gasteiger partial charge in [-0.1, -0.05) is 6.92 Å². The van der Waals surface area contributed by atoms with Crippen LogP contribution in [-0.4, -0.2) is 33.7 Å². The first kappa shape index (κ1) is 12.0. The maximum Gasteiger partial charge on any atom is 0.291 e. The van der Waals surface area contributed by atoms with E-state index in [4.69, 9.17) is 5.73 Å². The lowest BCUT2D eigenvalue weighted by atomic mass is 10.2. The smallest absolute Gasteiger partial charge is 0.291 e. The van der Waals surface area contributed by atoms with Crippen molar-refractivity contribution >= 4 is 5.91 Å². The van der Waals surface area contributed by atoms with Crippen LogP contribution in [0.4, 0.5) is 0 Å². The normalized spacial score (nSPS) is 16.8. The monoisotopic (exact) mass is 237 g/mol. The van der Waals surface area contributed by atoms with Crippen LogP contribution in [0.15, 0.2) is 0 Å². The highest BCUT2D eigenvalue weighted by Gasteiger charge is 2.32. The summed E-state index contributed by atoms with van der Waals surface area (Å²) < 4.78 is 0. The van der Waals surface area contributed by atoms with Crippen LogP contribution in [0.3, 0.4) is 0 Å². The van der Waals surface area contributed by atoms with Crippen molar-refractivity contribution < 1.29 is 4.79 Å². The quantitative estimate of drug-likeness (QED) is 0.659. The first-order valence-corrected chi connectivity index (χ1v) is 6.16. The molecule has 1 aliphatic carbocycles. The van der Waals surface area contributed by atoms with Crippen molar-refractivity contribution in [1.82, 2.24) is 20.5 Å². The average molecular weight is 237 g/mol. The first-order chi connectivity index (χ1) is 8.24. The number of hydrogen-bond acceptors (Lipinski definition) is 4. The van der Waals surface area contributed by atoms with Gasteiger partial charge < -0.3 is 11.1 Å². The van der Waals surface area contributed by atoms with Crippen molar-refractivity contribution in [3.63, 3.8) is 0 Å². The van der Waals surface area contributed by atoms with Crippen molar-refractivity contribution in [2.75, 3.05) is 6.54 Å². The lowest BCUT2D eigenvalue weighted by Gasteiger charge is -2.14. The van der Waals surface area contributed by atoms with Gasteiger partial charge >= 0.3 is 0 Å². The maximum absolute atomic E-state index is 11.9. The van der Waals surface area contributed by atoms with Crippen LogP contribution in [0, 0.1) is 5.92 Å². The van der Waals surface area contributed by atoms with Gasteiger partial charge in [0.2, 0.25) is 5.82 Å². The molecule has 17 heavy (non-hydrogen) atoms. The number of amides is 1. The van der Waals surface area contributed by atoms with E-state index in [1.165, 1.54) is 0 Å². The second-order valence-electron chi connectivity index (χ2n) is 4.51. The Kier molecular flexibility index (Phi) is 3.73. The van der Waals surface area contributed by atoms with Crippen molar-refractivity contribution in [1.29, 1.82) is 0 Å². The van der Waals surface area contributed by atoms with E-state index in [1.54, 1.807) is 0 Å². The van der Waals surface area contributed by atoms with Crippen LogP contribution >= 0.6 is 0 Å². The zero-order valence-electron chi connectivity index (χ0n) is 10.1. The first-order valence-electron chi connectivity index (χ1n) is 6.16. The number of aryl methyl sites for hydroxylation is 1. The van der Waals surface area contributed by atoms with E-state index in [1.807, 2.05) is 0 Å². The Balaban J connectivity index is 1.93. The molecule has 1 atom stereocenters. The van der Waals surface area contributed by atoms with Crippen LogP contribution in [0.5, 0.6) is 0 Å². The van der Waals surface area contributed by atoms with Gasteiger partial charge in [0, 0.05) is 19.0 Å². The molecule has 6 heteroatoms. The highest BCUT2D eigenvalue weighted by molar-refractivity contribution is 5.90. The molecule has 1 saturated carbocycles. The topological polar surface area (TPSA) is 96.7 Å². The zero-order chi connectivity index (χ0) is 12.3. The fourth-order valence-corrected chi connectivity index (χ4v) is 1.85. The summed E-state index contributed by atoms with van der Waals surface area (Å²) in [6.07, 6.45) is 4.08. The van der Waals surface area contributed by atoms with E-state index in [0.717, 1.165) is 31.5 Å². The third kappa shape index (κ3) is 3.03. The van der Waals surface area contributed by atoms with E-state index in [0.29, 0.717) is 12.5 Å². The van der Waals surface area contributed by atoms with Gasteiger partial charge in [0.1, 0.15) is 5.82 Å². The van der Waals surface area contributed by atoms with Crippen molar-refractivity contribution in [3.8, 4) is 0 Å². The highest BCUT2D eigenvalue weighted by atomic mass is 16.2. The molecule has 94 valence electrons. The van der Waals surface area contributed by atoms with Crippen molar-refractivity contribution in [3.05, 3.63) is 11.6 Å². The summed E-state index contributed by atoms with van der Waals surface area (Å²) in [4.78, 5) is 16.0. The summed E-state index contributed by atoms with van der Waals surface area (Å²) in [5, 5.41) is 9.57. The molecule has 0 radical (unpaired) electrons. The summed E-state index contributed by atoms with van der Waals surface area (Å²) in [6.45, 7) is 2.53. The second kappa shape index (κ2) is 5.27. The largest absolute Gasteiger partial charge is 0.345 e. The standard InChI is InChI=1S/C11H19N5O/c1-2-3-9-14-10(16-15-9)11(17)13-8(6-12)7-4-5-7/h7-8H,2-6,12H2,1H3,(H,13,17)(H,14,15,16). The molecule has 1 fully saturated rings. The Morgan fingerprint density at radius 1 is 1.65 bits per heavy atom. The van der Waals surface area contributed by atoms with Crippen LogP contribution in [0.25, 0.3) is 0 Å². The maximum atomic E-state index is 11.9. The molecule has 0 aromatic carbocycles. The summed E-state index contributed by atoms with van der Waals surface area (Å²) in [7, 11) is 0. The SMILES string of the molecule is CCCc1nc(C(=O)NC(CN)C2CC2)n[nH]1. The Bertz CT molecular complexity index is 385. The number of carbonyl (C=O) groups excluding carboxylic acids is 1. The van der Waals surface area contributed by atoms with E-state index < -0.39 is 0 Å². The molecule has 0 spiro atoms. The fraction of sp³-hybridized carbons (Fsp3) is 0.727. The molecule has 6 nitrogen and oxygen atoms in total. The van der Waals surface area contributed by atoms with E-state index in [2.05, 4.69) is 27.4 Å².